The molecule has 0 spiro atoms. The van der Waals surface area contributed by atoms with Crippen molar-refractivity contribution < 1.29 is 9.59 Å². The highest BCUT2D eigenvalue weighted by Crippen LogP contribution is 2.46. The van der Waals surface area contributed by atoms with Crippen molar-refractivity contribution in [3.05, 3.63) is 40.9 Å². The molecule has 158 valence electrons. The van der Waals surface area contributed by atoms with Gasteiger partial charge in [0, 0.05) is 31.0 Å². The third-order valence-corrected chi connectivity index (χ3v) is 7.36. The molecule has 0 radical (unpaired) electrons. The number of hydrogen-bond acceptors (Lipinski definition) is 4. The fourth-order valence-corrected chi connectivity index (χ4v) is 5.91. The van der Waals surface area contributed by atoms with Crippen LogP contribution in [-0.4, -0.2) is 33.4 Å². The number of benzene rings is 1. The normalized spacial score (nSPS) is 30.4. The molecule has 2 heterocycles. The van der Waals surface area contributed by atoms with Crippen molar-refractivity contribution >= 4 is 22.7 Å². The Kier molecular flexibility index (Phi) is 5.05. The zero-order valence-corrected chi connectivity index (χ0v) is 17.0. The summed E-state index contributed by atoms with van der Waals surface area (Å²) in [5.74, 6) is 1.47. The standard InChI is InChI=1S/C23H28N4O3/c28-21(10-11-27-13-24-19-7-2-1-4-18(19)23(27)30)25-14-8-9-16-15-5-3-6-17(15)22(29)26-20(16)12-14/h1-2,4,7,13-17,20H,3,5-6,8-12H2,(H,25,28)(H,26,29). The summed E-state index contributed by atoms with van der Waals surface area (Å²) in [4.78, 5) is 41.8. The first-order valence-corrected chi connectivity index (χ1v) is 11.1. The predicted octanol–water partition coefficient (Wildman–Crippen LogP) is 1.99. The average molecular weight is 409 g/mol. The summed E-state index contributed by atoms with van der Waals surface area (Å²) in [5.41, 5.74) is 0.545. The number of carbonyl (C=O) groups is 2. The third-order valence-electron chi connectivity index (χ3n) is 7.36. The van der Waals surface area contributed by atoms with Crippen LogP contribution in [-0.2, 0) is 16.1 Å². The van der Waals surface area contributed by atoms with Crippen LogP contribution in [0.3, 0.4) is 0 Å². The first-order valence-electron chi connectivity index (χ1n) is 11.1. The molecule has 1 saturated heterocycles. The van der Waals surface area contributed by atoms with E-state index in [2.05, 4.69) is 15.6 Å². The van der Waals surface area contributed by atoms with Crippen LogP contribution in [0, 0.1) is 17.8 Å². The Labute approximate surface area is 175 Å². The molecule has 7 nitrogen and oxygen atoms in total. The Hall–Kier alpha value is -2.70. The molecule has 1 aliphatic heterocycles. The summed E-state index contributed by atoms with van der Waals surface area (Å²) in [7, 11) is 0. The van der Waals surface area contributed by atoms with Crippen LogP contribution >= 0.6 is 0 Å². The maximum Gasteiger partial charge on any atom is 0.261 e. The molecule has 1 aromatic carbocycles. The number of rotatable bonds is 4. The van der Waals surface area contributed by atoms with Crippen molar-refractivity contribution in [3.63, 3.8) is 0 Å². The Balaban J connectivity index is 1.17. The number of aryl methyl sites for hydroxylation is 1. The fraction of sp³-hybridized carbons (Fsp3) is 0.565. The maximum absolute atomic E-state index is 12.6. The molecule has 5 unspecified atom stereocenters. The van der Waals surface area contributed by atoms with E-state index in [1.54, 1.807) is 6.07 Å². The van der Waals surface area contributed by atoms with Crippen molar-refractivity contribution in [2.24, 2.45) is 17.8 Å². The van der Waals surface area contributed by atoms with Crippen molar-refractivity contribution in [1.29, 1.82) is 0 Å². The Morgan fingerprint density at radius 3 is 2.90 bits per heavy atom. The molecule has 30 heavy (non-hydrogen) atoms. The Bertz CT molecular complexity index is 1030. The van der Waals surface area contributed by atoms with Gasteiger partial charge in [0.2, 0.25) is 11.8 Å². The number of nitrogens with zero attached hydrogens (tertiary/aromatic N) is 2. The summed E-state index contributed by atoms with van der Waals surface area (Å²) >= 11 is 0. The number of piperidine rings is 1. The molecular formula is C23H28N4O3. The number of fused-ring (bicyclic) bond motifs is 4. The summed E-state index contributed by atoms with van der Waals surface area (Å²) in [5, 5.41) is 6.93. The van der Waals surface area contributed by atoms with Crippen LogP contribution in [0.4, 0.5) is 0 Å². The molecule has 7 heteroatoms. The second kappa shape index (κ2) is 7.85. The van der Waals surface area contributed by atoms with Gasteiger partial charge in [-0.2, -0.15) is 0 Å². The van der Waals surface area contributed by atoms with Crippen LogP contribution in [0.15, 0.2) is 35.4 Å². The smallest absolute Gasteiger partial charge is 0.261 e. The van der Waals surface area contributed by atoms with E-state index in [1.165, 1.54) is 17.3 Å². The van der Waals surface area contributed by atoms with Crippen LogP contribution in [0.5, 0.6) is 0 Å². The number of carbonyl (C=O) groups excluding carboxylic acids is 2. The van der Waals surface area contributed by atoms with E-state index >= 15 is 0 Å². The zero-order valence-electron chi connectivity index (χ0n) is 17.0. The molecular weight excluding hydrogens is 380 g/mol. The molecule has 5 atom stereocenters. The van der Waals surface area contributed by atoms with E-state index < -0.39 is 0 Å². The van der Waals surface area contributed by atoms with Crippen LogP contribution < -0.4 is 16.2 Å². The van der Waals surface area contributed by atoms with Crippen molar-refractivity contribution in [2.45, 2.75) is 63.6 Å². The van der Waals surface area contributed by atoms with E-state index in [-0.39, 0.29) is 41.8 Å². The first kappa shape index (κ1) is 19.3. The van der Waals surface area contributed by atoms with Gasteiger partial charge in [0.05, 0.1) is 17.2 Å². The van der Waals surface area contributed by atoms with Crippen molar-refractivity contribution in [2.75, 3.05) is 0 Å². The second-order valence-electron chi connectivity index (χ2n) is 9.07. The topological polar surface area (TPSA) is 93.1 Å². The molecule has 2 aromatic rings. The lowest BCUT2D eigenvalue weighted by molar-refractivity contribution is -0.132. The van der Waals surface area contributed by atoms with Gasteiger partial charge in [0.15, 0.2) is 0 Å². The second-order valence-corrected chi connectivity index (χ2v) is 9.07. The lowest BCUT2D eigenvalue weighted by Gasteiger charge is -2.45. The number of para-hydroxylation sites is 1. The minimum Gasteiger partial charge on any atom is -0.353 e. The summed E-state index contributed by atoms with van der Waals surface area (Å²) in [6, 6.07) is 7.50. The van der Waals surface area contributed by atoms with E-state index in [4.69, 9.17) is 0 Å². The minimum absolute atomic E-state index is 0.0561. The molecule has 2 amide bonds. The highest BCUT2D eigenvalue weighted by Gasteiger charge is 2.48. The minimum atomic E-state index is -0.120. The van der Waals surface area contributed by atoms with Gasteiger partial charge in [-0.3, -0.25) is 19.0 Å². The van der Waals surface area contributed by atoms with Gasteiger partial charge in [-0.1, -0.05) is 18.6 Å². The molecule has 1 aromatic heterocycles. The quantitative estimate of drug-likeness (QED) is 0.809. The average Bonchev–Trinajstić information content (AvgIpc) is 3.24. The Morgan fingerprint density at radius 1 is 1.13 bits per heavy atom. The largest absolute Gasteiger partial charge is 0.353 e. The molecule has 3 fully saturated rings. The summed E-state index contributed by atoms with van der Waals surface area (Å²) in [6.45, 7) is 0.307. The molecule has 5 rings (SSSR count). The van der Waals surface area contributed by atoms with Crippen molar-refractivity contribution in [3.8, 4) is 0 Å². The maximum atomic E-state index is 12.6. The SMILES string of the molecule is O=C(CCn1cnc2ccccc2c1=O)NC1CCC2C(C1)NC(=O)C1CCCC12. The van der Waals surface area contributed by atoms with Gasteiger partial charge in [0.25, 0.3) is 5.56 Å². The highest BCUT2D eigenvalue weighted by molar-refractivity contribution is 5.81. The van der Waals surface area contributed by atoms with Crippen LogP contribution in [0.1, 0.15) is 44.9 Å². The van der Waals surface area contributed by atoms with Crippen LogP contribution in [0.25, 0.3) is 10.9 Å². The third kappa shape index (κ3) is 3.50. The fourth-order valence-electron chi connectivity index (χ4n) is 5.91. The van der Waals surface area contributed by atoms with Gasteiger partial charge >= 0.3 is 0 Å². The lowest BCUT2D eigenvalue weighted by atomic mass is 9.68. The molecule has 3 aliphatic rings. The number of amides is 2. The molecule has 2 N–H and O–H groups in total. The van der Waals surface area contributed by atoms with E-state index in [1.807, 2.05) is 18.2 Å². The highest BCUT2D eigenvalue weighted by atomic mass is 16.2. The van der Waals surface area contributed by atoms with E-state index in [9.17, 15) is 14.4 Å². The van der Waals surface area contributed by atoms with Gasteiger partial charge in [-0.15, -0.1) is 0 Å². The number of aromatic nitrogens is 2. The first-order chi connectivity index (χ1) is 14.6. The summed E-state index contributed by atoms with van der Waals surface area (Å²) < 4.78 is 1.50. The molecule has 2 saturated carbocycles. The lowest BCUT2D eigenvalue weighted by Crippen LogP contribution is -2.57. The van der Waals surface area contributed by atoms with Gasteiger partial charge in [-0.05, 0) is 56.1 Å². The van der Waals surface area contributed by atoms with Crippen LogP contribution in [0.2, 0.25) is 0 Å². The summed E-state index contributed by atoms with van der Waals surface area (Å²) in [6.07, 6.45) is 7.95. The van der Waals surface area contributed by atoms with Gasteiger partial charge in [0.1, 0.15) is 0 Å². The Morgan fingerprint density at radius 2 is 2.00 bits per heavy atom. The molecule has 2 aliphatic carbocycles. The molecule has 0 bridgehead atoms. The van der Waals surface area contributed by atoms with E-state index in [0.717, 1.165) is 32.1 Å². The number of nitrogens with one attached hydrogen (secondary N) is 2. The predicted molar refractivity (Wildman–Crippen MR) is 113 cm³/mol. The van der Waals surface area contributed by atoms with Crippen molar-refractivity contribution in [1.82, 2.24) is 20.2 Å². The van der Waals surface area contributed by atoms with Gasteiger partial charge in [-0.25, -0.2) is 4.98 Å². The monoisotopic (exact) mass is 408 g/mol. The zero-order chi connectivity index (χ0) is 20.7. The number of hydrogen-bond donors (Lipinski definition) is 2. The van der Waals surface area contributed by atoms with Gasteiger partial charge < -0.3 is 10.6 Å². The van der Waals surface area contributed by atoms with E-state index in [0.29, 0.717) is 29.3 Å².